The molecule has 0 atom stereocenters. The number of anilines is 1. The summed E-state index contributed by atoms with van der Waals surface area (Å²) in [6, 6.07) is 1.53. The van der Waals surface area contributed by atoms with E-state index in [9.17, 15) is 40.0 Å². The van der Waals surface area contributed by atoms with Crippen LogP contribution in [0.15, 0.2) is 23.2 Å². The summed E-state index contributed by atoms with van der Waals surface area (Å²) in [4.78, 5) is 27.2. The molecule has 2 aromatic heterocycles. The number of hydrogen-bond acceptors (Lipinski definition) is 6. The van der Waals surface area contributed by atoms with Crippen LogP contribution in [0.5, 0.6) is 0 Å². The average molecular weight is 468 g/mol. The van der Waals surface area contributed by atoms with Crippen molar-refractivity contribution in [1.29, 1.82) is 0 Å². The monoisotopic (exact) mass is 468 g/mol. The Bertz CT molecular complexity index is 1160. The fourth-order valence-electron chi connectivity index (χ4n) is 2.77. The fourth-order valence-corrected chi connectivity index (χ4v) is 4.97. The molecule has 0 N–H and O–H groups in total. The van der Waals surface area contributed by atoms with E-state index >= 15 is 0 Å². The molecule has 1 aliphatic heterocycles. The number of nitrogens with zero attached hydrogens (tertiary/aromatic N) is 2. The van der Waals surface area contributed by atoms with Gasteiger partial charge in [-0.1, -0.05) is 6.92 Å². The largest absolute Gasteiger partial charge is 0.458 e. The maximum absolute atomic E-state index is 13.6. The molecule has 2 aromatic rings. The first kappa shape index (κ1) is 22.3. The number of rotatable bonds is 5. The van der Waals surface area contributed by atoms with Gasteiger partial charge in [-0.15, -0.1) is 11.3 Å². The molecule has 1 aliphatic rings. The highest BCUT2D eigenvalue weighted by Crippen LogP contribution is 2.48. The Hall–Kier alpha value is -2.41. The van der Waals surface area contributed by atoms with Crippen LogP contribution in [-0.2, 0) is 22.3 Å². The molecule has 0 fully saturated rings. The van der Waals surface area contributed by atoms with Crippen molar-refractivity contribution in [3.63, 3.8) is 0 Å². The van der Waals surface area contributed by atoms with Gasteiger partial charge >= 0.3 is 12.1 Å². The second kappa shape index (κ2) is 7.08. The number of Topliss-reactive ketones (excluding diaryl/α,β-unsaturated/α-hetero) is 1. The normalized spacial score (nSPS) is 14.9. The van der Waals surface area contributed by atoms with Crippen molar-refractivity contribution < 1.29 is 40.0 Å². The first-order chi connectivity index (χ1) is 13.7. The van der Waals surface area contributed by atoms with E-state index in [0.29, 0.717) is 6.07 Å². The molecule has 0 bridgehead atoms. The van der Waals surface area contributed by atoms with Crippen LogP contribution in [0.3, 0.4) is 0 Å². The van der Waals surface area contributed by atoms with Crippen LogP contribution in [0.25, 0.3) is 0 Å². The number of sulfone groups is 1. The van der Waals surface area contributed by atoms with E-state index < -0.39 is 49.9 Å². The minimum atomic E-state index is -5.82. The molecule has 0 saturated heterocycles. The number of thiophene rings is 1. The van der Waals surface area contributed by atoms with Gasteiger partial charge in [0.25, 0.3) is 5.91 Å². The van der Waals surface area contributed by atoms with Gasteiger partial charge in [-0.2, -0.15) is 22.0 Å². The molecule has 0 saturated carbocycles. The molecule has 0 aromatic carbocycles. The Morgan fingerprint density at radius 3 is 2.37 bits per heavy atom. The van der Waals surface area contributed by atoms with E-state index in [-0.39, 0.29) is 38.9 Å². The van der Waals surface area contributed by atoms with Crippen LogP contribution in [0.1, 0.15) is 44.3 Å². The summed E-state index contributed by atoms with van der Waals surface area (Å²) in [6.07, 6.45) is -4.75. The zero-order chi connectivity index (χ0) is 22.6. The van der Waals surface area contributed by atoms with E-state index in [1.165, 1.54) is 13.8 Å². The number of hydrogen-bond donors (Lipinski definition) is 0. The summed E-state index contributed by atoms with van der Waals surface area (Å²) >= 11 is 0.121. The molecule has 6 nitrogen and oxygen atoms in total. The molecule has 0 unspecified atom stereocenters. The molecule has 162 valence electrons. The van der Waals surface area contributed by atoms with Crippen molar-refractivity contribution in [2.75, 3.05) is 10.7 Å². The third kappa shape index (κ3) is 3.49. The number of fused-ring (bicyclic) bond motifs is 1. The first-order valence-corrected chi connectivity index (χ1v) is 10.8. The highest BCUT2D eigenvalue weighted by atomic mass is 32.2. The molecule has 1 amide bonds. The maximum atomic E-state index is 13.6. The Kier molecular flexibility index (Phi) is 5.26. The molecular weight excluding hydrogens is 455 g/mol. The van der Waals surface area contributed by atoms with Crippen LogP contribution >= 0.6 is 11.3 Å². The standard InChI is InChI=1S/C17H13F5N2O4S2/c1-3-30(27,28)12-4-9(8(2)25)6-23-14(12)24-7-11-10(15(24)26)5-13(29-11)16(18,19)17(20,21)22/h4-6H,3,7H2,1-2H3. The quantitative estimate of drug-likeness (QED) is 0.490. The highest BCUT2D eigenvalue weighted by molar-refractivity contribution is 7.91. The van der Waals surface area contributed by atoms with Crippen molar-refractivity contribution in [3.05, 3.63) is 39.2 Å². The van der Waals surface area contributed by atoms with Gasteiger partial charge in [0.15, 0.2) is 21.4 Å². The SMILES string of the molecule is CCS(=O)(=O)c1cc(C(C)=O)cnc1N1Cc2sc(C(F)(F)C(F)(F)F)cc2C1=O. The number of aromatic nitrogens is 1. The van der Waals surface area contributed by atoms with Crippen molar-refractivity contribution in [2.24, 2.45) is 0 Å². The van der Waals surface area contributed by atoms with Crippen LogP contribution in [0.4, 0.5) is 27.8 Å². The van der Waals surface area contributed by atoms with Crippen molar-refractivity contribution in [2.45, 2.75) is 37.4 Å². The van der Waals surface area contributed by atoms with E-state index in [4.69, 9.17) is 0 Å². The van der Waals surface area contributed by atoms with E-state index in [1.807, 2.05) is 0 Å². The molecule has 3 heterocycles. The van der Waals surface area contributed by atoms with Gasteiger partial charge < -0.3 is 0 Å². The Morgan fingerprint density at radius 1 is 1.23 bits per heavy atom. The predicted molar refractivity (Wildman–Crippen MR) is 96.7 cm³/mol. The van der Waals surface area contributed by atoms with Gasteiger partial charge in [0.1, 0.15) is 4.90 Å². The molecular formula is C17H13F5N2O4S2. The summed E-state index contributed by atoms with van der Waals surface area (Å²) in [6.45, 7) is 2.11. The number of alkyl halides is 5. The summed E-state index contributed by atoms with van der Waals surface area (Å²) in [5.74, 6) is -7.23. The second-order valence-corrected chi connectivity index (χ2v) is 9.80. The zero-order valence-corrected chi connectivity index (χ0v) is 17.0. The van der Waals surface area contributed by atoms with Crippen molar-refractivity contribution >= 4 is 38.7 Å². The maximum Gasteiger partial charge on any atom is 0.458 e. The Morgan fingerprint density at radius 2 is 1.87 bits per heavy atom. The van der Waals surface area contributed by atoms with Crippen LogP contribution in [0.2, 0.25) is 0 Å². The molecule has 0 spiro atoms. The lowest BCUT2D eigenvalue weighted by Gasteiger charge is -2.20. The third-order valence-corrected chi connectivity index (χ3v) is 7.38. The number of ketones is 1. The molecule has 13 heteroatoms. The number of halogens is 5. The van der Waals surface area contributed by atoms with Crippen molar-refractivity contribution in [3.8, 4) is 0 Å². The first-order valence-electron chi connectivity index (χ1n) is 8.34. The Balaban J connectivity index is 2.06. The highest BCUT2D eigenvalue weighted by Gasteiger charge is 2.60. The van der Waals surface area contributed by atoms with Crippen LogP contribution in [0, 0.1) is 0 Å². The lowest BCUT2D eigenvalue weighted by molar-refractivity contribution is -0.287. The Labute approximate surface area is 171 Å². The topological polar surface area (TPSA) is 84.4 Å². The average Bonchev–Trinajstić information content (AvgIpc) is 3.20. The summed E-state index contributed by atoms with van der Waals surface area (Å²) in [5.41, 5.74) is -0.393. The molecule has 0 radical (unpaired) electrons. The molecule has 30 heavy (non-hydrogen) atoms. The van der Waals surface area contributed by atoms with Gasteiger partial charge in [0.2, 0.25) is 0 Å². The van der Waals surface area contributed by atoms with Gasteiger partial charge in [-0.05, 0) is 19.1 Å². The molecule has 3 rings (SSSR count). The third-order valence-electron chi connectivity index (χ3n) is 4.46. The lowest BCUT2D eigenvalue weighted by Crippen LogP contribution is -2.33. The summed E-state index contributed by atoms with van der Waals surface area (Å²) in [5, 5.41) is 0. The van der Waals surface area contributed by atoms with Crippen LogP contribution < -0.4 is 4.90 Å². The number of carbonyl (C=O) groups is 2. The van der Waals surface area contributed by atoms with E-state index in [1.54, 1.807) is 0 Å². The van der Waals surface area contributed by atoms with Crippen molar-refractivity contribution in [1.82, 2.24) is 4.98 Å². The minimum absolute atomic E-state index is 0.0145. The smallest absolute Gasteiger partial charge is 0.294 e. The second-order valence-electron chi connectivity index (χ2n) is 6.42. The van der Waals surface area contributed by atoms with Gasteiger partial charge in [0.05, 0.1) is 22.7 Å². The van der Waals surface area contributed by atoms with Gasteiger partial charge in [-0.25, -0.2) is 13.4 Å². The van der Waals surface area contributed by atoms with Gasteiger partial charge in [-0.3, -0.25) is 14.5 Å². The number of amides is 1. The predicted octanol–water partition coefficient (Wildman–Crippen LogP) is 3.95. The lowest BCUT2D eigenvalue weighted by atomic mass is 10.2. The number of carbonyl (C=O) groups excluding carboxylic acids is 2. The van der Waals surface area contributed by atoms with E-state index in [0.717, 1.165) is 17.2 Å². The zero-order valence-electron chi connectivity index (χ0n) is 15.4. The van der Waals surface area contributed by atoms with Crippen LogP contribution in [-0.4, -0.2) is 37.0 Å². The number of pyridine rings is 1. The summed E-state index contributed by atoms with van der Waals surface area (Å²) < 4.78 is 89.9. The molecule has 0 aliphatic carbocycles. The fraction of sp³-hybridized carbons (Fsp3) is 0.353. The van der Waals surface area contributed by atoms with Gasteiger partial charge in [0, 0.05) is 16.6 Å². The van der Waals surface area contributed by atoms with E-state index in [2.05, 4.69) is 4.98 Å². The minimum Gasteiger partial charge on any atom is -0.294 e. The summed E-state index contributed by atoms with van der Waals surface area (Å²) in [7, 11) is -3.94.